The maximum absolute atomic E-state index is 4.55. The van der Waals surface area contributed by atoms with E-state index >= 15 is 0 Å². The molecule has 1 N–H and O–H groups in total. The third-order valence-corrected chi connectivity index (χ3v) is 4.43. The van der Waals surface area contributed by atoms with Crippen molar-refractivity contribution in [2.24, 2.45) is 0 Å². The normalized spacial score (nSPS) is 10.7. The number of rotatable bonds is 6. The summed E-state index contributed by atoms with van der Waals surface area (Å²) in [7, 11) is 0. The largest absolute Gasteiger partial charge is 0.340 e. The Morgan fingerprint density at radius 2 is 1.37 bits per heavy atom. The van der Waals surface area contributed by atoms with Crippen molar-refractivity contribution in [1.29, 1.82) is 0 Å². The third kappa shape index (κ3) is 4.15. The minimum absolute atomic E-state index is 0.148. The summed E-state index contributed by atoms with van der Waals surface area (Å²) in [5.41, 5.74) is 4.41. The Morgan fingerprint density at radius 3 is 2.00 bits per heavy atom. The van der Waals surface area contributed by atoms with Crippen LogP contribution < -0.4 is 5.32 Å². The molecule has 0 unspecified atom stereocenters. The van der Waals surface area contributed by atoms with Crippen molar-refractivity contribution in [3.8, 4) is 0 Å². The van der Waals surface area contributed by atoms with E-state index < -0.39 is 0 Å². The van der Waals surface area contributed by atoms with Crippen molar-refractivity contribution >= 4 is 11.5 Å². The molecule has 0 aliphatic rings. The lowest BCUT2D eigenvalue weighted by molar-refractivity contribution is 0.793. The zero-order chi connectivity index (χ0) is 18.3. The second-order valence-corrected chi connectivity index (χ2v) is 6.20. The molecule has 0 aliphatic carbocycles. The first-order valence-corrected chi connectivity index (χ1v) is 8.81. The van der Waals surface area contributed by atoms with Gasteiger partial charge in [0, 0.05) is 55.0 Å². The van der Waals surface area contributed by atoms with Gasteiger partial charge in [0.05, 0.1) is 0 Å². The van der Waals surface area contributed by atoms with Gasteiger partial charge in [0.25, 0.3) is 0 Å². The van der Waals surface area contributed by atoms with E-state index in [0.29, 0.717) is 0 Å². The first kappa shape index (κ1) is 16.8. The Kier molecular flexibility index (Phi) is 5.11. The van der Waals surface area contributed by atoms with Crippen molar-refractivity contribution in [2.45, 2.75) is 12.3 Å². The van der Waals surface area contributed by atoms with Gasteiger partial charge in [-0.25, -0.2) is 4.98 Å². The number of anilines is 2. The van der Waals surface area contributed by atoms with Gasteiger partial charge in [-0.1, -0.05) is 18.2 Å². The minimum Gasteiger partial charge on any atom is -0.340 e. The fourth-order valence-corrected chi connectivity index (χ4v) is 3.10. The van der Waals surface area contributed by atoms with Crippen LogP contribution in [0.15, 0.2) is 91.9 Å². The number of hydrogen-bond donors (Lipinski definition) is 1. The summed E-state index contributed by atoms with van der Waals surface area (Å²) < 4.78 is 0. The van der Waals surface area contributed by atoms with Gasteiger partial charge in [-0.15, -0.1) is 0 Å². The van der Waals surface area contributed by atoms with Crippen molar-refractivity contribution in [3.63, 3.8) is 0 Å². The Labute approximate surface area is 158 Å². The summed E-state index contributed by atoms with van der Waals surface area (Å²) >= 11 is 0. The second-order valence-electron chi connectivity index (χ2n) is 6.20. The second kappa shape index (κ2) is 8.19. The Hall–Kier alpha value is -3.60. The molecule has 5 nitrogen and oxygen atoms in total. The molecular weight excluding hydrogens is 334 g/mol. The molecule has 0 aromatic carbocycles. The standard InChI is InChI=1S/C22H19N5/c1-5-18(15-24-9-1)21(19-6-2-10-25-16-19)14-17-4-3-11-26-22(17)27-20-7-12-23-13-8-20/h1-13,15-16,21H,14H2,(H,23,26,27). The lowest BCUT2D eigenvalue weighted by Crippen LogP contribution is -2.08. The van der Waals surface area contributed by atoms with Gasteiger partial charge in [0.15, 0.2) is 0 Å². The fraction of sp³-hybridized carbons (Fsp3) is 0.0909. The highest BCUT2D eigenvalue weighted by Gasteiger charge is 2.17. The summed E-state index contributed by atoms with van der Waals surface area (Å²) in [6, 6.07) is 16.1. The van der Waals surface area contributed by atoms with Crippen LogP contribution in [-0.2, 0) is 6.42 Å². The van der Waals surface area contributed by atoms with E-state index in [-0.39, 0.29) is 5.92 Å². The molecule has 4 aromatic heterocycles. The average Bonchev–Trinajstić information content (AvgIpc) is 2.75. The third-order valence-electron chi connectivity index (χ3n) is 4.43. The SMILES string of the molecule is c1cncc(C(Cc2cccnc2Nc2ccncc2)c2cccnc2)c1. The molecule has 0 saturated carbocycles. The average molecular weight is 353 g/mol. The zero-order valence-corrected chi connectivity index (χ0v) is 14.7. The van der Waals surface area contributed by atoms with E-state index in [1.54, 1.807) is 31.0 Å². The number of aromatic nitrogens is 4. The molecule has 0 atom stereocenters. The van der Waals surface area contributed by atoms with E-state index in [0.717, 1.165) is 34.6 Å². The fourth-order valence-electron chi connectivity index (χ4n) is 3.10. The van der Waals surface area contributed by atoms with Crippen molar-refractivity contribution in [2.75, 3.05) is 5.32 Å². The predicted octanol–water partition coefficient (Wildman–Crippen LogP) is 4.38. The first-order chi connectivity index (χ1) is 13.4. The van der Waals surface area contributed by atoms with Crippen LogP contribution in [0.4, 0.5) is 11.5 Å². The summed E-state index contributed by atoms with van der Waals surface area (Å²) in [5, 5.41) is 3.40. The molecule has 4 rings (SSSR count). The lowest BCUT2D eigenvalue weighted by Gasteiger charge is -2.19. The topological polar surface area (TPSA) is 63.6 Å². The van der Waals surface area contributed by atoms with Crippen LogP contribution >= 0.6 is 0 Å². The molecular formula is C22H19N5. The molecule has 27 heavy (non-hydrogen) atoms. The quantitative estimate of drug-likeness (QED) is 0.557. The maximum atomic E-state index is 4.55. The summed E-state index contributed by atoms with van der Waals surface area (Å²) in [5.74, 6) is 0.996. The van der Waals surface area contributed by atoms with Crippen LogP contribution in [0, 0.1) is 0 Å². The van der Waals surface area contributed by atoms with Crippen LogP contribution in [0.2, 0.25) is 0 Å². The number of pyridine rings is 4. The van der Waals surface area contributed by atoms with Crippen LogP contribution in [-0.4, -0.2) is 19.9 Å². The highest BCUT2D eigenvalue weighted by atomic mass is 15.0. The molecule has 0 spiro atoms. The van der Waals surface area contributed by atoms with E-state index in [1.807, 2.05) is 42.7 Å². The van der Waals surface area contributed by atoms with Crippen LogP contribution in [0.25, 0.3) is 0 Å². The molecule has 5 heteroatoms. The minimum atomic E-state index is 0.148. The number of hydrogen-bond acceptors (Lipinski definition) is 5. The predicted molar refractivity (Wildman–Crippen MR) is 106 cm³/mol. The molecule has 0 fully saturated rings. The first-order valence-electron chi connectivity index (χ1n) is 8.81. The van der Waals surface area contributed by atoms with Crippen LogP contribution in [0.3, 0.4) is 0 Å². The van der Waals surface area contributed by atoms with Crippen molar-refractivity contribution in [1.82, 2.24) is 19.9 Å². The molecule has 4 heterocycles. The van der Waals surface area contributed by atoms with E-state index in [4.69, 9.17) is 0 Å². The van der Waals surface area contributed by atoms with E-state index in [1.165, 1.54) is 0 Å². The highest BCUT2D eigenvalue weighted by Crippen LogP contribution is 2.30. The van der Waals surface area contributed by atoms with Gasteiger partial charge < -0.3 is 5.32 Å². The van der Waals surface area contributed by atoms with Gasteiger partial charge in [-0.3, -0.25) is 15.0 Å². The summed E-state index contributed by atoms with van der Waals surface area (Å²) in [4.78, 5) is 17.2. The number of nitrogens with zero attached hydrogens (tertiary/aromatic N) is 4. The zero-order valence-electron chi connectivity index (χ0n) is 14.7. The molecule has 0 amide bonds. The smallest absolute Gasteiger partial charge is 0.133 e. The van der Waals surface area contributed by atoms with Crippen LogP contribution in [0.1, 0.15) is 22.6 Å². The molecule has 4 aromatic rings. The Morgan fingerprint density at radius 1 is 0.704 bits per heavy atom. The molecule has 132 valence electrons. The maximum Gasteiger partial charge on any atom is 0.133 e. The van der Waals surface area contributed by atoms with Crippen molar-refractivity contribution in [3.05, 3.63) is 109 Å². The van der Waals surface area contributed by atoms with Gasteiger partial charge >= 0.3 is 0 Å². The number of nitrogens with one attached hydrogen (secondary N) is 1. The van der Waals surface area contributed by atoms with Gasteiger partial charge in [-0.2, -0.15) is 0 Å². The lowest BCUT2D eigenvalue weighted by atomic mass is 9.87. The molecule has 0 bridgehead atoms. The molecule has 0 radical (unpaired) electrons. The van der Waals surface area contributed by atoms with Gasteiger partial charge in [0.2, 0.25) is 0 Å². The Bertz CT molecular complexity index is 935. The van der Waals surface area contributed by atoms with Crippen molar-refractivity contribution < 1.29 is 0 Å². The highest BCUT2D eigenvalue weighted by molar-refractivity contribution is 5.59. The summed E-state index contributed by atoms with van der Waals surface area (Å²) in [6.45, 7) is 0. The molecule has 0 aliphatic heterocycles. The molecule has 0 saturated heterocycles. The van der Waals surface area contributed by atoms with Gasteiger partial charge in [0.1, 0.15) is 5.82 Å². The van der Waals surface area contributed by atoms with E-state index in [9.17, 15) is 0 Å². The van der Waals surface area contributed by atoms with Gasteiger partial charge in [-0.05, 0) is 53.4 Å². The van der Waals surface area contributed by atoms with Crippen LogP contribution in [0.5, 0.6) is 0 Å². The monoisotopic (exact) mass is 353 g/mol. The summed E-state index contributed by atoms with van der Waals surface area (Å²) in [6.07, 6.45) is 13.6. The van der Waals surface area contributed by atoms with E-state index in [2.05, 4.69) is 43.5 Å². The Balaban J connectivity index is 1.68.